The smallest absolute Gasteiger partial charge is 0.246 e. The molecule has 20 heavy (non-hydrogen) atoms. The van der Waals surface area contributed by atoms with Gasteiger partial charge in [0.2, 0.25) is 10.0 Å². The Hall–Kier alpha value is -0.210. The number of rotatable bonds is 3. The molecule has 0 aliphatic carbocycles. The van der Waals surface area contributed by atoms with Crippen molar-refractivity contribution in [2.75, 3.05) is 13.1 Å². The van der Waals surface area contributed by atoms with Crippen LogP contribution in [0.3, 0.4) is 0 Å². The van der Waals surface area contributed by atoms with Crippen LogP contribution in [0.4, 0.5) is 4.39 Å². The van der Waals surface area contributed by atoms with Gasteiger partial charge in [-0.25, -0.2) is 12.8 Å². The number of nitrogens with zero attached hydrogens (tertiary/aromatic N) is 1. The monoisotopic (exact) mass is 386 g/mol. The zero-order chi connectivity index (χ0) is 14.0. The Bertz CT molecular complexity index is 571. The molecule has 1 saturated heterocycles. The number of hydrogen-bond donors (Lipinski definition) is 1. The van der Waals surface area contributed by atoms with Crippen LogP contribution in [0.15, 0.2) is 27.6 Å². The van der Waals surface area contributed by atoms with E-state index in [4.69, 9.17) is 5.73 Å². The van der Waals surface area contributed by atoms with Crippen molar-refractivity contribution >= 4 is 38.4 Å². The molecule has 1 atom stereocenters. The maximum absolute atomic E-state index is 13.9. The van der Waals surface area contributed by atoms with Gasteiger partial charge in [-0.1, -0.05) is 22.4 Å². The van der Waals surface area contributed by atoms with Crippen LogP contribution in [0.2, 0.25) is 0 Å². The maximum Gasteiger partial charge on any atom is 0.246 e. The average molecular weight is 388 g/mol. The molecule has 8 heteroatoms. The van der Waals surface area contributed by atoms with Gasteiger partial charge in [0, 0.05) is 23.6 Å². The van der Waals surface area contributed by atoms with Crippen LogP contribution in [0.25, 0.3) is 0 Å². The third kappa shape index (κ3) is 3.51. The largest absolute Gasteiger partial charge is 0.329 e. The first-order chi connectivity index (χ1) is 8.96. The van der Waals surface area contributed by atoms with E-state index in [-0.39, 0.29) is 29.9 Å². The summed E-state index contributed by atoms with van der Waals surface area (Å²) in [6.45, 7) is 0.664. The minimum atomic E-state index is -3.81. The van der Waals surface area contributed by atoms with Crippen LogP contribution in [0.1, 0.15) is 19.3 Å². The summed E-state index contributed by atoms with van der Waals surface area (Å²) in [5, 5.41) is 0. The maximum atomic E-state index is 13.9. The van der Waals surface area contributed by atoms with Crippen LogP contribution in [0, 0.1) is 5.82 Å². The van der Waals surface area contributed by atoms with Gasteiger partial charge < -0.3 is 5.73 Å². The number of piperidine rings is 1. The van der Waals surface area contributed by atoms with Crippen molar-refractivity contribution in [1.82, 2.24) is 4.31 Å². The van der Waals surface area contributed by atoms with E-state index in [1.807, 2.05) is 0 Å². The Morgan fingerprint density at radius 1 is 1.40 bits per heavy atom. The van der Waals surface area contributed by atoms with Crippen molar-refractivity contribution in [3.8, 4) is 0 Å². The normalized spacial score (nSPS) is 20.4. The number of benzene rings is 1. The van der Waals surface area contributed by atoms with Crippen molar-refractivity contribution in [2.24, 2.45) is 5.73 Å². The lowest BCUT2D eigenvalue weighted by atomic mass is 10.1. The first kappa shape index (κ1) is 17.8. The quantitative estimate of drug-likeness (QED) is 0.867. The second-order valence-electron chi connectivity index (χ2n) is 4.58. The summed E-state index contributed by atoms with van der Waals surface area (Å²) < 4.78 is 40.7. The van der Waals surface area contributed by atoms with E-state index in [9.17, 15) is 12.8 Å². The van der Waals surface area contributed by atoms with Gasteiger partial charge in [-0.2, -0.15) is 4.31 Å². The minimum Gasteiger partial charge on any atom is -0.329 e. The fraction of sp³-hybridized carbons (Fsp3) is 0.500. The fourth-order valence-corrected chi connectivity index (χ4v) is 4.42. The summed E-state index contributed by atoms with van der Waals surface area (Å²) in [5.74, 6) is -0.740. The summed E-state index contributed by atoms with van der Waals surface area (Å²) >= 11 is 3.12. The van der Waals surface area contributed by atoms with Crippen LogP contribution in [0.5, 0.6) is 0 Å². The van der Waals surface area contributed by atoms with E-state index in [0.717, 1.165) is 25.3 Å². The van der Waals surface area contributed by atoms with Gasteiger partial charge in [-0.15, -0.1) is 12.4 Å². The predicted molar refractivity (Wildman–Crippen MR) is 81.9 cm³/mol. The zero-order valence-corrected chi connectivity index (χ0v) is 14.0. The summed E-state index contributed by atoms with van der Waals surface area (Å²) in [6.07, 6.45) is 2.47. The Morgan fingerprint density at radius 3 is 2.70 bits per heavy atom. The Morgan fingerprint density at radius 2 is 2.10 bits per heavy atom. The van der Waals surface area contributed by atoms with E-state index >= 15 is 0 Å². The molecule has 1 unspecified atom stereocenters. The lowest BCUT2D eigenvalue weighted by Crippen LogP contribution is -2.47. The van der Waals surface area contributed by atoms with E-state index in [1.165, 1.54) is 16.4 Å². The first-order valence-corrected chi connectivity index (χ1v) is 8.37. The van der Waals surface area contributed by atoms with Gasteiger partial charge >= 0.3 is 0 Å². The van der Waals surface area contributed by atoms with Gasteiger partial charge in [0.15, 0.2) is 0 Å². The number of halogens is 3. The summed E-state index contributed by atoms with van der Waals surface area (Å²) in [6, 6.07) is 3.74. The molecule has 0 spiro atoms. The molecular weight excluding hydrogens is 371 g/mol. The van der Waals surface area contributed by atoms with Crippen molar-refractivity contribution in [1.29, 1.82) is 0 Å². The molecule has 0 aromatic heterocycles. The SMILES string of the molecule is Cl.NCC1CCCCN1S(=O)(=O)c1ccc(Br)cc1F. The Balaban J connectivity index is 0.00000200. The molecule has 0 radical (unpaired) electrons. The third-order valence-corrected chi connectivity index (χ3v) is 5.80. The minimum absolute atomic E-state index is 0. The van der Waals surface area contributed by atoms with Crippen LogP contribution in [-0.4, -0.2) is 31.9 Å². The molecule has 114 valence electrons. The van der Waals surface area contributed by atoms with Gasteiger partial charge in [-0.3, -0.25) is 0 Å². The molecule has 1 fully saturated rings. The van der Waals surface area contributed by atoms with Crippen molar-refractivity contribution in [3.05, 3.63) is 28.5 Å². The highest BCUT2D eigenvalue weighted by molar-refractivity contribution is 9.10. The molecular formula is C12H17BrClFN2O2S. The van der Waals surface area contributed by atoms with Crippen LogP contribution >= 0.6 is 28.3 Å². The van der Waals surface area contributed by atoms with Gasteiger partial charge in [0.1, 0.15) is 10.7 Å². The lowest BCUT2D eigenvalue weighted by molar-refractivity contribution is 0.257. The standard InChI is InChI=1S/C12H16BrFN2O2S.ClH/c13-9-4-5-12(11(14)7-9)19(17,18)16-6-2-1-3-10(16)8-15;/h4-5,7,10H,1-3,6,8,15H2;1H. The number of nitrogens with two attached hydrogens (primary N) is 1. The van der Waals surface area contributed by atoms with Gasteiger partial charge in [0.25, 0.3) is 0 Å². The molecule has 1 aromatic carbocycles. The fourth-order valence-electron chi connectivity index (χ4n) is 2.34. The van der Waals surface area contributed by atoms with E-state index in [0.29, 0.717) is 11.0 Å². The lowest BCUT2D eigenvalue weighted by Gasteiger charge is -2.33. The van der Waals surface area contributed by atoms with Gasteiger partial charge in [-0.05, 0) is 31.0 Å². The van der Waals surface area contributed by atoms with Crippen LogP contribution in [-0.2, 0) is 10.0 Å². The van der Waals surface area contributed by atoms with Crippen LogP contribution < -0.4 is 5.73 Å². The van der Waals surface area contributed by atoms with Crippen molar-refractivity contribution in [2.45, 2.75) is 30.2 Å². The third-order valence-electron chi connectivity index (χ3n) is 3.33. The second-order valence-corrected chi connectivity index (χ2v) is 7.35. The molecule has 1 heterocycles. The molecule has 1 aliphatic rings. The molecule has 2 N–H and O–H groups in total. The first-order valence-electron chi connectivity index (χ1n) is 6.14. The molecule has 0 bridgehead atoms. The topological polar surface area (TPSA) is 63.4 Å². The number of hydrogen-bond acceptors (Lipinski definition) is 3. The second kappa shape index (κ2) is 7.17. The zero-order valence-electron chi connectivity index (χ0n) is 10.8. The van der Waals surface area contributed by atoms with E-state index in [1.54, 1.807) is 0 Å². The van der Waals surface area contributed by atoms with E-state index in [2.05, 4.69) is 15.9 Å². The summed E-state index contributed by atoms with van der Waals surface area (Å²) in [5.41, 5.74) is 5.62. The Labute approximate surface area is 133 Å². The molecule has 1 aromatic rings. The highest BCUT2D eigenvalue weighted by Crippen LogP contribution is 2.27. The highest BCUT2D eigenvalue weighted by atomic mass is 79.9. The Kier molecular flexibility index (Phi) is 6.40. The van der Waals surface area contributed by atoms with E-state index < -0.39 is 15.8 Å². The molecule has 1 aliphatic heterocycles. The molecule has 0 amide bonds. The van der Waals surface area contributed by atoms with Crippen molar-refractivity contribution in [3.63, 3.8) is 0 Å². The number of sulfonamides is 1. The molecule has 0 saturated carbocycles. The predicted octanol–water partition coefficient (Wildman–Crippen LogP) is 2.51. The summed E-state index contributed by atoms with van der Waals surface area (Å²) in [4.78, 5) is -0.281. The van der Waals surface area contributed by atoms with Gasteiger partial charge in [0.05, 0.1) is 0 Å². The average Bonchev–Trinajstić information content (AvgIpc) is 2.38. The summed E-state index contributed by atoms with van der Waals surface area (Å²) in [7, 11) is -3.81. The molecule has 2 rings (SSSR count). The van der Waals surface area contributed by atoms with Crippen molar-refractivity contribution < 1.29 is 12.8 Å². The molecule has 4 nitrogen and oxygen atoms in total. The highest BCUT2D eigenvalue weighted by Gasteiger charge is 2.34.